The molecule has 1 aliphatic heterocycles. The third kappa shape index (κ3) is 3.54. The van der Waals surface area contributed by atoms with E-state index in [1.165, 1.54) is 4.57 Å². The van der Waals surface area contributed by atoms with E-state index >= 15 is 0 Å². The van der Waals surface area contributed by atoms with Crippen molar-refractivity contribution in [2.24, 2.45) is 7.05 Å². The summed E-state index contributed by atoms with van der Waals surface area (Å²) in [6, 6.07) is 2.13. The lowest BCUT2D eigenvalue weighted by molar-refractivity contribution is 0.494. The lowest BCUT2D eigenvalue weighted by Crippen LogP contribution is -2.37. The molecule has 2 aromatic heterocycles. The summed E-state index contributed by atoms with van der Waals surface area (Å²) in [6.45, 7) is 7.15. The molecule has 3 rings (SSSR count). The van der Waals surface area contributed by atoms with Crippen LogP contribution in [0.1, 0.15) is 41.3 Å². The van der Waals surface area contributed by atoms with Gasteiger partial charge in [-0.15, -0.1) is 0 Å². The van der Waals surface area contributed by atoms with E-state index < -0.39 is 0 Å². The van der Waals surface area contributed by atoms with Gasteiger partial charge in [0.1, 0.15) is 11.6 Å². The smallest absolute Gasteiger partial charge is 0.270 e. The minimum atomic E-state index is -0.253. The van der Waals surface area contributed by atoms with Gasteiger partial charge in [-0.05, 0) is 19.8 Å². The van der Waals surface area contributed by atoms with Gasteiger partial charge in [0.05, 0.1) is 11.4 Å². The van der Waals surface area contributed by atoms with Gasteiger partial charge >= 0.3 is 0 Å². The van der Waals surface area contributed by atoms with Crippen molar-refractivity contribution in [3.63, 3.8) is 0 Å². The van der Waals surface area contributed by atoms with Crippen molar-refractivity contribution in [1.29, 1.82) is 5.26 Å². The summed E-state index contributed by atoms with van der Waals surface area (Å²) in [5.41, 5.74) is 3.41. The summed E-state index contributed by atoms with van der Waals surface area (Å²) in [7, 11) is 1.70. The molecule has 6 heteroatoms. The third-order valence-corrected chi connectivity index (χ3v) is 5.23. The Hall–Kier alpha value is -3.20. The minimum absolute atomic E-state index is 0.199. The molecule has 6 nitrogen and oxygen atoms in total. The highest BCUT2D eigenvalue weighted by Gasteiger charge is 2.27. The summed E-state index contributed by atoms with van der Waals surface area (Å²) < 4.78 is 1.54. The Morgan fingerprint density at radius 3 is 2.67 bits per heavy atom. The van der Waals surface area contributed by atoms with Gasteiger partial charge in [0, 0.05) is 55.9 Å². The van der Waals surface area contributed by atoms with Crippen molar-refractivity contribution in [2.45, 2.75) is 25.7 Å². The van der Waals surface area contributed by atoms with Crippen molar-refractivity contribution in [2.75, 3.05) is 18.0 Å². The van der Waals surface area contributed by atoms with Crippen LogP contribution in [-0.4, -0.2) is 27.6 Å². The van der Waals surface area contributed by atoms with Crippen molar-refractivity contribution in [3.05, 3.63) is 70.2 Å². The van der Waals surface area contributed by atoms with Gasteiger partial charge in [-0.25, -0.2) is 0 Å². The summed E-state index contributed by atoms with van der Waals surface area (Å²) in [6.07, 6.45) is 12.5. The van der Waals surface area contributed by atoms with Gasteiger partial charge < -0.3 is 9.47 Å². The molecule has 0 radical (unpaired) electrons. The molecule has 0 spiro atoms. The number of hydrogen-bond acceptors (Lipinski definition) is 5. The highest BCUT2D eigenvalue weighted by molar-refractivity contribution is 5.75. The summed E-state index contributed by atoms with van der Waals surface area (Å²) >= 11 is 0. The van der Waals surface area contributed by atoms with Crippen LogP contribution >= 0.6 is 0 Å². The van der Waals surface area contributed by atoms with Gasteiger partial charge in [-0.2, -0.15) is 5.26 Å². The van der Waals surface area contributed by atoms with E-state index in [1.807, 2.05) is 25.3 Å². The largest absolute Gasteiger partial charge is 0.370 e. The standard InChI is InChI=1S/C21H23N5O/c1-4-5-6-17-15(2)25(3)21(27)18(13-22)20(17)26-11-7-16(8-12-26)19-14-23-9-10-24-19/h4-6,9-10,14,16H,1,7-8,11-12H2,2-3H3/b6-5-. The van der Waals surface area contributed by atoms with Gasteiger partial charge in [-0.1, -0.05) is 24.8 Å². The van der Waals surface area contributed by atoms with Crippen LogP contribution in [0.25, 0.3) is 6.08 Å². The Kier molecular flexibility index (Phi) is 5.51. The van der Waals surface area contributed by atoms with E-state index in [0.717, 1.165) is 48.6 Å². The molecule has 27 heavy (non-hydrogen) atoms. The highest BCUT2D eigenvalue weighted by atomic mass is 16.1. The van der Waals surface area contributed by atoms with E-state index in [-0.39, 0.29) is 11.1 Å². The number of hydrogen-bond donors (Lipinski definition) is 0. The van der Waals surface area contributed by atoms with Gasteiger partial charge in [-0.3, -0.25) is 14.8 Å². The Bertz CT molecular complexity index is 961. The molecular weight excluding hydrogens is 338 g/mol. The lowest BCUT2D eigenvalue weighted by atomic mass is 9.92. The van der Waals surface area contributed by atoms with Crippen molar-refractivity contribution >= 4 is 11.8 Å². The molecule has 1 saturated heterocycles. The molecule has 1 aliphatic rings. The molecule has 1 fully saturated rings. The Morgan fingerprint density at radius 2 is 2.07 bits per heavy atom. The van der Waals surface area contributed by atoms with Gasteiger partial charge in [0.15, 0.2) is 0 Å². The molecule has 0 unspecified atom stereocenters. The Labute approximate surface area is 159 Å². The van der Waals surface area contributed by atoms with E-state index in [2.05, 4.69) is 27.5 Å². The van der Waals surface area contributed by atoms with Crippen LogP contribution in [0.5, 0.6) is 0 Å². The quantitative estimate of drug-likeness (QED) is 0.783. The zero-order chi connectivity index (χ0) is 19.4. The second-order valence-electron chi connectivity index (χ2n) is 6.69. The van der Waals surface area contributed by atoms with E-state index in [9.17, 15) is 10.1 Å². The zero-order valence-corrected chi connectivity index (χ0v) is 15.7. The molecule has 0 saturated carbocycles. The molecule has 0 amide bonds. The van der Waals surface area contributed by atoms with Crippen LogP contribution in [0, 0.1) is 18.3 Å². The molecule has 3 heterocycles. The van der Waals surface area contributed by atoms with Crippen LogP contribution in [0.3, 0.4) is 0 Å². The predicted octanol–water partition coefficient (Wildman–Crippen LogP) is 2.94. The van der Waals surface area contributed by atoms with Gasteiger partial charge in [0.25, 0.3) is 5.56 Å². The van der Waals surface area contributed by atoms with Crippen LogP contribution in [-0.2, 0) is 7.05 Å². The fourth-order valence-corrected chi connectivity index (χ4v) is 3.62. The van der Waals surface area contributed by atoms with E-state index in [0.29, 0.717) is 5.92 Å². The number of nitrogens with zero attached hydrogens (tertiary/aromatic N) is 5. The maximum absolute atomic E-state index is 12.6. The molecule has 0 aliphatic carbocycles. The first kappa shape index (κ1) is 18.6. The van der Waals surface area contributed by atoms with E-state index in [1.54, 1.807) is 25.5 Å². The number of pyridine rings is 1. The van der Waals surface area contributed by atoms with Crippen LogP contribution in [0.4, 0.5) is 5.69 Å². The zero-order valence-electron chi connectivity index (χ0n) is 15.7. The molecule has 0 aromatic carbocycles. The number of piperidine rings is 1. The number of anilines is 1. The average Bonchev–Trinajstić information content (AvgIpc) is 2.72. The third-order valence-electron chi connectivity index (χ3n) is 5.23. The SMILES string of the molecule is C=C/C=C\c1c(N2CCC(c3cnccn3)CC2)c(C#N)c(=O)n(C)c1C. The molecule has 0 bridgehead atoms. The maximum Gasteiger partial charge on any atom is 0.270 e. The van der Waals surface area contributed by atoms with Crippen molar-refractivity contribution < 1.29 is 0 Å². The average molecular weight is 361 g/mol. The Balaban J connectivity index is 1.99. The molecular formula is C21H23N5O. The molecule has 2 aromatic rings. The molecule has 138 valence electrons. The summed E-state index contributed by atoms with van der Waals surface area (Å²) in [4.78, 5) is 23.4. The predicted molar refractivity (Wildman–Crippen MR) is 107 cm³/mol. The lowest BCUT2D eigenvalue weighted by Gasteiger charge is -2.35. The second kappa shape index (κ2) is 8.00. The molecule has 0 N–H and O–H groups in total. The Morgan fingerprint density at radius 1 is 1.33 bits per heavy atom. The number of nitriles is 1. The van der Waals surface area contributed by atoms with E-state index in [4.69, 9.17) is 0 Å². The van der Waals surface area contributed by atoms with Crippen molar-refractivity contribution in [3.8, 4) is 6.07 Å². The maximum atomic E-state index is 12.6. The van der Waals surface area contributed by atoms with Crippen LogP contribution < -0.4 is 10.5 Å². The van der Waals surface area contributed by atoms with Crippen molar-refractivity contribution in [1.82, 2.24) is 14.5 Å². The molecule has 0 atom stereocenters. The normalized spacial score (nSPS) is 15.1. The first-order chi connectivity index (χ1) is 13.1. The van der Waals surface area contributed by atoms with Crippen LogP contribution in [0.2, 0.25) is 0 Å². The topological polar surface area (TPSA) is 74.8 Å². The second-order valence-corrected chi connectivity index (χ2v) is 6.69. The number of rotatable bonds is 4. The monoisotopic (exact) mass is 361 g/mol. The van der Waals surface area contributed by atoms with Gasteiger partial charge in [0.2, 0.25) is 0 Å². The minimum Gasteiger partial charge on any atom is -0.370 e. The number of aromatic nitrogens is 3. The van der Waals surface area contributed by atoms with Crippen LogP contribution in [0.15, 0.2) is 42.1 Å². The first-order valence-electron chi connectivity index (χ1n) is 9.02. The fourth-order valence-electron chi connectivity index (χ4n) is 3.62. The summed E-state index contributed by atoms with van der Waals surface area (Å²) in [5.74, 6) is 0.347. The number of allylic oxidation sites excluding steroid dienone is 2. The highest BCUT2D eigenvalue weighted by Crippen LogP contribution is 2.33. The first-order valence-corrected chi connectivity index (χ1v) is 9.02. The fraction of sp³-hybridized carbons (Fsp3) is 0.333. The summed E-state index contributed by atoms with van der Waals surface area (Å²) in [5, 5.41) is 9.67.